The number of aromatic nitrogens is 1. The number of rotatable bonds is 7. The molecule has 5 heteroatoms. The van der Waals surface area contributed by atoms with Gasteiger partial charge in [-0.1, -0.05) is 6.42 Å². The fourth-order valence-corrected chi connectivity index (χ4v) is 2.42. The molecule has 0 amide bonds. The van der Waals surface area contributed by atoms with E-state index >= 15 is 0 Å². The molecule has 1 aromatic heterocycles. The average Bonchev–Trinajstić information content (AvgIpc) is 3.17. The number of oxazole rings is 1. The van der Waals surface area contributed by atoms with Gasteiger partial charge in [0.1, 0.15) is 12.9 Å². The van der Waals surface area contributed by atoms with Crippen molar-refractivity contribution in [2.24, 2.45) is 0 Å². The molecule has 0 radical (unpaired) electrons. The number of likely N-dealkylation sites (tertiary alicyclic amines) is 1. The Morgan fingerprint density at radius 3 is 2.95 bits per heavy atom. The number of hydrogen-bond donors (Lipinski definition) is 1. The molecule has 0 unspecified atom stereocenters. The van der Waals surface area contributed by atoms with E-state index in [2.05, 4.69) is 15.2 Å². The average molecular weight is 265 g/mol. The zero-order valence-corrected chi connectivity index (χ0v) is 11.4. The molecule has 2 heterocycles. The molecule has 1 N–H and O–H groups in total. The lowest BCUT2D eigenvalue weighted by molar-refractivity contribution is 0.159. The second-order valence-corrected chi connectivity index (χ2v) is 5.51. The lowest BCUT2D eigenvalue weighted by Crippen LogP contribution is -2.33. The van der Waals surface area contributed by atoms with Crippen molar-refractivity contribution in [3.05, 3.63) is 12.0 Å². The van der Waals surface area contributed by atoms with Gasteiger partial charge in [0, 0.05) is 19.1 Å². The molecule has 2 aliphatic rings. The van der Waals surface area contributed by atoms with E-state index < -0.39 is 0 Å². The second kappa shape index (κ2) is 6.39. The van der Waals surface area contributed by atoms with Crippen LogP contribution in [-0.4, -0.2) is 42.2 Å². The highest BCUT2D eigenvalue weighted by molar-refractivity contribution is 5.00. The largest absolute Gasteiger partial charge is 0.449 e. The van der Waals surface area contributed by atoms with Crippen LogP contribution in [0.25, 0.3) is 0 Å². The van der Waals surface area contributed by atoms with Crippen LogP contribution in [0.1, 0.15) is 37.8 Å². The van der Waals surface area contributed by atoms with E-state index in [4.69, 9.17) is 9.15 Å². The standard InChI is InChI=1S/C14H23N3O2/c1-2-6-17(7-3-1)8-9-18-14-16-13(11-19-14)10-15-12-4-5-12/h11-12,15H,1-10H2. The Labute approximate surface area is 114 Å². The number of piperidine rings is 1. The van der Waals surface area contributed by atoms with Crippen molar-refractivity contribution in [1.82, 2.24) is 15.2 Å². The van der Waals surface area contributed by atoms with Crippen LogP contribution in [0.15, 0.2) is 10.7 Å². The minimum atomic E-state index is 0.407. The van der Waals surface area contributed by atoms with Gasteiger partial charge < -0.3 is 14.5 Å². The van der Waals surface area contributed by atoms with Crippen LogP contribution in [0.4, 0.5) is 0 Å². The van der Waals surface area contributed by atoms with Gasteiger partial charge in [0.2, 0.25) is 0 Å². The summed E-state index contributed by atoms with van der Waals surface area (Å²) in [6.45, 7) is 4.81. The van der Waals surface area contributed by atoms with E-state index in [-0.39, 0.29) is 0 Å². The van der Waals surface area contributed by atoms with Crippen LogP contribution in [0.2, 0.25) is 0 Å². The third kappa shape index (κ3) is 4.21. The molecular weight excluding hydrogens is 242 g/mol. The Balaban J connectivity index is 1.34. The highest BCUT2D eigenvalue weighted by atomic mass is 16.6. The molecular formula is C14H23N3O2. The van der Waals surface area contributed by atoms with Gasteiger partial charge in [-0.15, -0.1) is 0 Å². The minimum Gasteiger partial charge on any atom is -0.449 e. The van der Waals surface area contributed by atoms with E-state index in [1.807, 2.05) is 0 Å². The van der Waals surface area contributed by atoms with Crippen molar-refractivity contribution in [3.63, 3.8) is 0 Å². The van der Waals surface area contributed by atoms with Crippen LogP contribution >= 0.6 is 0 Å². The first-order valence-electron chi connectivity index (χ1n) is 7.43. The van der Waals surface area contributed by atoms with Crippen LogP contribution in [0.5, 0.6) is 6.08 Å². The molecule has 0 atom stereocenters. The lowest BCUT2D eigenvalue weighted by Gasteiger charge is -2.25. The molecule has 0 bridgehead atoms. The highest BCUT2D eigenvalue weighted by Gasteiger charge is 2.20. The first-order chi connectivity index (χ1) is 9.40. The Morgan fingerprint density at radius 1 is 1.32 bits per heavy atom. The first kappa shape index (κ1) is 12.9. The monoisotopic (exact) mass is 265 g/mol. The van der Waals surface area contributed by atoms with Crippen molar-refractivity contribution < 1.29 is 9.15 Å². The van der Waals surface area contributed by atoms with Crippen molar-refractivity contribution in [2.75, 3.05) is 26.2 Å². The predicted molar refractivity (Wildman–Crippen MR) is 72.2 cm³/mol. The fraction of sp³-hybridized carbons (Fsp3) is 0.786. The van der Waals surface area contributed by atoms with E-state index in [9.17, 15) is 0 Å². The SMILES string of the molecule is c1oc(OCCN2CCCCC2)nc1CNC1CC1. The molecule has 3 rings (SSSR count). The fourth-order valence-electron chi connectivity index (χ4n) is 2.42. The Bertz CT molecular complexity index is 384. The van der Waals surface area contributed by atoms with Crippen molar-refractivity contribution in [1.29, 1.82) is 0 Å². The number of ether oxygens (including phenoxy) is 1. The van der Waals surface area contributed by atoms with Gasteiger partial charge in [-0.3, -0.25) is 4.90 Å². The van der Waals surface area contributed by atoms with Gasteiger partial charge in [-0.05, 0) is 38.8 Å². The van der Waals surface area contributed by atoms with E-state index in [0.29, 0.717) is 18.7 Å². The molecule has 0 aromatic carbocycles. The molecule has 1 aliphatic carbocycles. The van der Waals surface area contributed by atoms with E-state index in [0.717, 1.165) is 18.8 Å². The van der Waals surface area contributed by atoms with Gasteiger partial charge in [-0.25, -0.2) is 0 Å². The number of hydrogen-bond acceptors (Lipinski definition) is 5. The second-order valence-electron chi connectivity index (χ2n) is 5.51. The molecule has 1 aromatic rings. The Hall–Kier alpha value is -1.07. The maximum Gasteiger partial charge on any atom is 0.393 e. The molecule has 2 fully saturated rings. The lowest BCUT2D eigenvalue weighted by atomic mass is 10.1. The number of nitrogens with one attached hydrogen (secondary N) is 1. The van der Waals surface area contributed by atoms with Gasteiger partial charge in [0.15, 0.2) is 0 Å². The maximum atomic E-state index is 5.56. The summed E-state index contributed by atoms with van der Waals surface area (Å²) in [5.74, 6) is 0. The molecule has 19 heavy (non-hydrogen) atoms. The van der Waals surface area contributed by atoms with E-state index in [1.165, 1.54) is 45.2 Å². The van der Waals surface area contributed by atoms with E-state index in [1.54, 1.807) is 6.26 Å². The van der Waals surface area contributed by atoms with Gasteiger partial charge in [-0.2, -0.15) is 4.98 Å². The van der Waals surface area contributed by atoms with Crippen molar-refractivity contribution >= 4 is 0 Å². The normalized spacial score (nSPS) is 20.6. The molecule has 0 spiro atoms. The molecule has 1 aliphatic heterocycles. The van der Waals surface area contributed by atoms with Crippen LogP contribution in [0.3, 0.4) is 0 Å². The zero-order chi connectivity index (χ0) is 12.9. The zero-order valence-electron chi connectivity index (χ0n) is 11.4. The summed E-state index contributed by atoms with van der Waals surface area (Å²) in [7, 11) is 0. The topological polar surface area (TPSA) is 50.5 Å². The summed E-state index contributed by atoms with van der Waals surface area (Å²) >= 11 is 0. The Morgan fingerprint density at radius 2 is 2.16 bits per heavy atom. The van der Waals surface area contributed by atoms with Crippen molar-refractivity contribution in [3.8, 4) is 6.08 Å². The minimum absolute atomic E-state index is 0.407. The van der Waals surface area contributed by atoms with Gasteiger partial charge >= 0.3 is 6.08 Å². The summed E-state index contributed by atoms with van der Waals surface area (Å²) in [5.41, 5.74) is 0.930. The molecule has 1 saturated heterocycles. The molecule has 1 saturated carbocycles. The van der Waals surface area contributed by atoms with Crippen LogP contribution in [0, 0.1) is 0 Å². The third-order valence-corrected chi connectivity index (χ3v) is 3.76. The number of nitrogens with zero attached hydrogens (tertiary/aromatic N) is 2. The van der Waals surface area contributed by atoms with Crippen LogP contribution < -0.4 is 10.1 Å². The van der Waals surface area contributed by atoms with Crippen molar-refractivity contribution in [2.45, 2.75) is 44.7 Å². The summed E-state index contributed by atoms with van der Waals surface area (Å²) < 4.78 is 10.9. The van der Waals surface area contributed by atoms with Gasteiger partial charge in [0.25, 0.3) is 0 Å². The third-order valence-electron chi connectivity index (χ3n) is 3.76. The summed E-state index contributed by atoms with van der Waals surface area (Å²) in [6, 6.07) is 0.695. The summed E-state index contributed by atoms with van der Waals surface area (Å²) in [5, 5.41) is 3.41. The predicted octanol–water partition coefficient (Wildman–Crippen LogP) is 1.79. The molecule has 106 valence electrons. The first-order valence-corrected chi connectivity index (χ1v) is 7.43. The quantitative estimate of drug-likeness (QED) is 0.814. The van der Waals surface area contributed by atoms with Gasteiger partial charge in [0.05, 0.1) is 5.69 Å². The summed E-state index contributed by atoms with van der Waals surface area (Å²) in [6.07, 6.45) is 8.67. The summed E-state index contributed by atoms with van der Waals surface area (Å²) in [4.78, 5) is 6.77. The van der Waals surface area contributed by atoms with Crippen LogP contribution in [-0.2, 0) is 6.54 Å². The highest BCUT2D eigenvalue weighted by Crippen LogP contribution is 2.19. The smallest absolute Gasteiger partial charge is 0.393 e. The molecule has 5 nitrogen and oxygen atoms in total. The maximum absolute atomic E-state index is 5.56. The Kier molecular flexibility index (Phi) is 4.35.